The molecule has 0 atom stereocenters. The first-order valence-electron chi connectivity index (χ1n) is 6.98. The van der Waals surface area contributed by atoms with Gasteiger partial charge in [-0.3, -0.25) is 4.79 Å². The number of thiophene rings is 1. The lowest BCUT2D eigenvalue weighted by atomic mass is 10.1. The number of thiazole rings is 1. The molecule has 0 fully saturated rings. The summed E-state index contributed by atoms with van der Waals surface area (Å²) in [6.45, 7) is 0. The highest BCUT2D eigenvalue weighted by Gasteiger charge is 2.10. The second-order valence-corrected chi connectivity index (χ2v) is 6.68. The lowest BCUT2D eigenvalue weighted by molar-refractivity contribution is -0.115. The molecule has 0 radical (unpaired) electrons. The largest absolute Gasteiger partial charge is 0.326 e. The Kier molecular flexibility index (Phi) is 4.81. The fourth-order valence-electron chi connectivity index (χ4n) is 2.07. The molecule has 0 saturated carbocycles. The van der Waals surface area contributed by atoms with E-state index in [0.717, 1.165) is 26.8 Å². The van der Waals surface area contributed by atoms with Crippen LogP contribution in [0.5, 0.6) is 0 Å². The van der Waals surface area contributed by atoms with Gasteiger partial charge >= 0.3 is 0 Å². The molecule has 114 valence electrons. The van der Waals surface area contributed by atoms with Crippen molar-refractivity contribution in [1.29, 1.82) is 5.26 Å². The molecule has 0 unspecified atom stereocenters. The molecule has 1 amide bonds. The maximum absolute atomic E-state index is 12.1. The molecule has 1 N–H and O–H groups in total. The van der Waals surface area contributed by atoms with E-state index in [-0.39, 0.29) is 12.3 Å². The van der Waals surface area contributed by atoms with E-state index >= 15 is 0 Å². The van der Waals surface area contributed by atoms with Crippen LogP contribution < -0.4 is 5.32 Å². The number of rotatable bonds is 5. The monoisotopic (exact) mass is 339 g/mol. The van der Waals surface area contributed by atoms with Crippen LogP contribution in [-0.2, 0) is 17.6 Å². The van der Waals surface area contributed by atoms with Crippen LogP contribution in [-0.4, -0.2) is 10.9 Å². The van der Waals surface area contributed by atoms with Crippen LogP contribution in [0.25, 0.3) is 9.88 Å². The number of nitriles is 1. The number of nitrogens with zero attached hydrogens (tertiary/aromatic N) is 2. The van der Waals surface area contributed by atoms with Crippen molar-refractivity contribution >= 4 is 34.3 Å². The number of amides is 1. The van der Waals surface area contributed by atoms with Gasteiger partial charge in [0.05, 0.1) is 29.5 Å². The number of aromatic nitrogens is 1. The molecule has 4 nitrogen and oxygen atoms in total. The Morgan fingerprint density at radius 3 is 2.74 bits per heavy atom. The first kappa shape index (κ1) is 15.4. The zero-order chi connectivity index (χ0) is 16.1. The molecule has 0 aliphatic heterocycles. The predicted octanol–water partition coefficient (Wildman–Crippen LogP) is 4.12. The zero-order valence-corrected chi connectivity index (χ0v) is 13.8. The molecule has 0 aliphatic carbocycles. The quantitative estimate of drug-likeness (QED) is 0.760. The summed E-state index contributed by atoms with van der Waals surface area (Å²) in [6, 6.07) is 13.4. The molecule has 2 aromatic heterocycles. The van der Waals surface area contributed by atoms with Crippen LogP contribution in [0.2, 0.25) is 0 Å². The molecule has 3 aromatic rings. The average molecular weight is 339 g/mol. The van der Waals surface area contributed by atoms with Crippen LogP contribution in [0.3, 0.4) is 0 Å². The van der Waals surface area contributed by atoms with Crippen LogP contribution in [0.1, 0.15) is 11.3 Å². The summed E-state index contributed by atoms with van der Waals surface area (Å²) in [5, 5.41) is 16.4. The maximum atomic E-state index is 12.1. The Hall–Kier alpha value is -2.49. The summed E-state index contributed by atoms with van der Waals surface area (Å²) in [7, 11) is 0. The molecule has 0 bridgehead atoms. The summed E-state index contributed by atoms with van der Waals surface area (Å²) < 4.78 is 0. The number of hydrogen-bond acceptors (Lipinski definition) is 5. The number of carbonyl (C=O) groups is 1. The molecule has 6 heteroatoms. The van der Waals surface area contributed by atoms with Gasteiger partial charge in [-0.2, -0.15) is 5.26 Å². The van der Waals surface area contributed by atoms with Crippen molar-refractivity contribution in [2.75, 3.05) is 5.32 Å². The third kappa shape index (κ3) is 4.03. The van der Waals surface area contributed by atoms with Crippen molar-refractivity contribution in [3.63, 3.8) is 0 Å². The molecular formula is C17H13N3OS2. The summed E-state index contributed by atoms with van der Waals surface area (Å²) in [4.78, 5) is 17.7. The highest BCUT2D eigenvalue weighted by Crippen LogP contribution is 2.27. The van der Waals surface area contributed by atoms with Crippen LogP contribution in [0.15, 0.2) is 47.2 Å². The van der Waals surface area contributed by atoms with Crippen LogP contribution in [0, 0.1) is 11.3 Å². The van der Waals surface area contributed by atoms with Gasteiger partial charge in [-0.1, -0.05) is 18.2 Å². The third-order valence-electron chi connectivity index (χ3n) is 3.15. The van der Waals surface area contributed by atoms with Crippen LogP contribution in [0.4, 0.5) is 5.69 Å². The van der Waals surface area contributed by atoms with Gasteiger partial charge in [0.1, 0.15) is 5.01 Å². The number of nitrogens with one attached hydrogen (secondary N) is 1. The Morgan fingerprint density at radius 1 is 1.22 bits per heavy atom. The molecular weight excluding hydrogens is 326 g/mol. The summed E-state index contributed by atoms with van der Waals surface area (Å²) in [5.41, 5.74) is 2.44. The zero-order valence-electron chi connectivity index (χ0n) is 12.2. The van der Waals surface area contributed by atoms with Crippen molar-refractivity contribution in [3.05, 3.63) is 58.4 Å². The highest BCUT2D eigenvalue weighted by molar-refractivity contribution is 7.20. The van der Waals surface area contributed by atoms with E-state index in [2.05, 4.69) is 16.4 Å². The van der Waals surface area contributed by atoms with E-state index in [9.17, 15) is 4.79 Å². The minimum absolute atomic E-state index is 0.0962. The molecule has 2 heterocycles. The summed E-state index contributed by atoms with van der Waals surface area (Å²) >= 11 is 3.19. The standard InChI is InChI=1S/C17H13N3OS2/c18-8-7-12-3-5-13(6-4-12)19-16(21)10-14-11-23-17(20-14)15-2-1-9-22-15/h1-6,9,11H,7,10H2,(H,19,21). The van der Waals surface area contributed by atoms with E-state index in [4.69, 9.17) is 5.26 Å². The van der Waals surface area contributed by atoms with Gasteiger partial charge in [-0.25, -0.2) is 4.98 Å². The molecule has 0 saturated heterocycles. The molecule has 0 spiro atoms. The average Bonchev–Trinajstić information content (AvgIpc) is 3.20. The Labute approximate surface area is 142 Å². The number of carbonyl (C=O) groups excluding carboxylic acids is 1. The van der Waals surface area contributed by atoms with Crippen molar-refractivity contribution in [2.24, 2.45) is 0 Å². The van der Waals surface area contributed by atoms with E-state index in [1.165, 1.54) is 0 Å². The topological polar surface area (TPSA) is 65.8 Å². The summed E-state index contributed by atoms with van der Waals surface area (Å²) in [5.74, 6) is -0.0962. The van der Waals surface area contributed by atoms with Gasteiger partial charge in [0, 0.05) is 11.1 Å². The van der Waals surface area contributed by atoms with Crippen molar-refractivity contribution < 1.29 is 4.79 Å². The van der Waals surface area contributed by atoms with Crippen molar-refractivity contribution in [3.8, 4) is 16.0 Å². The van der Waals surface area contributed by atoms with Gasteiger partial charge in [-0.15, -0.1) is 22.7 Å². The van der Waals surface area contributed by atoms with Gasteiger partial charge in [0.2, 0.25) is 5.91 Å². The minimum Gasteiger partial charge on any atom is -0.326 e. The Morgan fingerprint density at radius 2 is 2.04 bits per heavy atom. The smallest absolute Gasteiger partial charge is 0.230 e. The summed E-state index contributed by atoms with van der Waals surface area (Å²) in [6.07, 6.45) is 0.625. The van der Waals surface area contributed by atoms with E-state index in [1.54, 1.807) is 22.7 Å². The molecule has 1 aromatic carbocycles. The molecule has 23 heavy (non-hydrogen) atoms. The number of benzene rings is 1. The normalized spacial score (nSPS) is 10.2. The Bertz CT molecular complexity index is 830. The predicted molar refractivity (Wildman–Crippen MR) is 93.5 cm³/mol. The highest BCUT2D eigenvalue weighted by atomic mass is 32.1. The molecule has 0 aliphatic rings. The fourth-order valence-corrected chi connectivity index (χ4v) is 3.70. The van der Waals surface area contributed by atoms with Crippen molar-refractivity contribution in [2.45, 2.75) is 12.8 Å². The minimum atomic E-state index is -0.0962. The van der Waals surface area contributed by atoms with E-state index in [1.807, 2.05) is 47.2 Å². The van der Waals surface area contributed by atoms with E-state index < -0.39 is 0 Å². The first-order valence-corrected chi connectivity index (χ1v) is 8.74. The second-order valence-electron chi connectivity index (χ2n) is 4.88. The van der Waals surface area contributed by atoms with Crippen molar-refractivity contribution in [1.82, 2.24) is 4.98 Å². The number of anilines is 1. The Balaban J connectivity index is 1.60. The van der Waals surface area contributed by atoms with Gasteiger partial charge < -0.3 is 5.32 Å². The number of hydrogen-bond donors (Lipinski definition) is 1. The lowest BCUT2D eigenvalue weighted by Gasteiger charge is -2.04. The van der Waals surface area contributed by atoms with Gasteiger partial charge in [0.25, 0.3) is 0 Å². The molecule has 3 rings (SSSR count). The third-order valence-corrected chi connectivity index (χ3v) is 5.08. The second kappa shape index (κ2) is 7.18. The van der Waals surface area contributed by atoms with Gasteiger partial charge in [-0.05, 0) is 29.1 Å². The lowest BCUT2D eigenvalue weighted by Crippen LogP contribution is -2.14. The fraction of sp³-hybridized carbons (Fsp3) is 0.118. The first-order chi connectivity index (χ1) is 11.2. The van der Waals surface area contributed by atoms with E-state index in [0.29, 0.717) is 6.42 Å². The van der Waals surface area contributed by atoms with Gasteiger partial charge in [0.15, 0.2) is 0 Å². The van der Waals surface area contributed by atoms with Crippen LogP contribution >= 0.6 is 22.7 Å². The SMILES string of the molecule is N#CCc1ccc(NC(=O)Cc2csc(-c3cccs3)n2)cc1. The maximum Gasteiger partial charge on any atom is 0.230 e.